The van der Waals surface area contributed by atoms with Crippen molar-refractivity contribution in [2.24, 2.45) is 5.92 Å². The monoisotopic (exact) mass is 425 g/mol. The van der Waals surface area contributed by atoms with Gasteiger partial charge in [-0.25, -0.2) is 8.42 Å². The largest absolute Gasteiger partial charge is 0.466 e. The molecule has 1 aromatic carbocycles. The number of sulfonamides is 1. The van der Waals surface area contributed by atoms with Crippen LogP contribution in [-0.4, -0.2) is 68.8 Å². The first kappa shape index (κ1) is 23.3. The van der Waals surface area contributed by atoms with E-state index in [2.05, 4.69) is 5.32 Å². The molecule has 1 aromatic rings. The predicted molar refractivity (Wildman–Crippen MR) is 111 cm³/mol. The molecule has 0 aromatic heterocycles. The Labute approximate surface area is 173 Å². The van der Waals surface area contributed by atoms with Gasteiger partial charge in [-0.3, -0.25) is 14.5 Å². The molecule has 1 aliphatic rings. The Balaban J connectivity index is 1.93. The number of amides is 1. The Hall–Kier alpha value is -1.97. The number of piperidine rings is 1. The quantitative estimate of drug-likeness (QED) is 0.608. The maximum atomic E-state index is 12.5. The smallest absolute Gasteiger partial charge is 0.310 e. The molecule has 9 heteroatoms. The number of carbonyl (C=O) groups excluding carboxylic acids is 2. The maximum Gasteiger partial charge on any atom is 0.310 e. The van der Waals surface area contributed by atoms with Crippen LogP contribution in [0.1, 0.15) is 33.6 Å². The molecule has 1 amide bonds. The minimum absolute atomic E-state index is 0.176. The van der Waals surface area contributed by atoms with Crippen LogP contribution in [0.2, 0.25) is 0 Å². The zero-order valence-corrected chi connectivity index (χ0v) is 18.2. The zero-order chi connectivity index (χ0) is 21.4. The minimum atomic E-state index is -3.52. The van der Waals surface area contributed by atoms with E-state index in [1.807, 2.05) is 4.90 Å². The number of rotatable bonds is 9. The van der Waals surface area contributed by atoms with Gasteiger partial charge in [-0.1, -0.05) is 13.8 Å². The number of anilines is 1. The van der Waals surface area contributed by atoms with Gasteiger partial charge in [0.25, 0.3) is 0 Å². The average molecular weight is 426 g/mol. The van der Waals surface area contributed by atoms with E-state index in [0.29, 0.717) is 31.9 Å². The Bertz CT molecular complexity index is 791. The van der Waals surface area contributed by atoms with Gasteiger partial charge >= 0.3 is 5.97 Å². The molecule has 1 N–H and O–H groups in total. The van der Waals surface area contributed by atoms with E-state index >= 15 is 0 Å². The summed E-state index contributed by atoms with van der Waals surface area (Å²) in [6.07, 6.45) is 1.62. The van der Waals surface area contributed by atoms with Crippen LogP contribution in [0.15, 0.2) is 29.2 Å². The molecule has 1 heterocycles. The second-order valence-corrected chi connectivity index (χ2v) is 8.93. The summed E-state index contributed by atoms with van der Waals surface area (Å²) in [5.41, 5.74) is 0.535. The van der Waals surface area contributed by atoms with E-state index in [1.54, 1.807) is 32.9 Å². The van der Waals surface area contributed by atoms with Gasteiger partial charge in [0.05, 0.1) is 24.0 Å². The summed E-state index contributed by atoms with van der Waals surface area (Å²) >= 11 is 0. The third-order valence-corrected chi connectivity index (χ3v) is 7.04. The molecular formula is C20H31N3O5S. The Kier molecular flexibility index (Phi) is 8.60. The fourth-order valence-electron chi connectivity index (χ4n) is 3.48. The van der Waals surface area contributed by atoms with Gasteiger partial charge in [0, 0.05) is 25.3 Å². The van der Waals surface area contributed by atoms with Crippen molar-refractivity contribution in [2.75, 3.05) is 44.6 Å². The van der Waals surface area contributed by atoms with Gasteiger partial charge in [0.15, 0.2) is 0 Å². The molecule has 2 rings (SSSR count). The lowest BCUT2D eigenvalue weighted by atomic mass is 9.98. The molecular weight excluding hydrogens is 394 g/mol. The highest BCUT2D eigenvalue weighted by atomic mass is 32.2. The van der Waals surface area contributed by atoms with Gasteiger partial charge in [-0.15, -0.1) is 0 Å². The van der Waals surface area contributed by atoms with Crippen molar-refractivity contribution in [3.05, 3.63) is 24.3 Å². The molecule has 0 aliphatic carbocycles. The zero-order valence-electron chi connectivity index (χ0n) is 17.4. The normalized spacial score (nSPS) is 17.9. The summed E-state index contributed by atoms with van der Waals surface area (Å²) in [4.78, 5) is 26.4. The molecule has 162 valence electrons. The molecule has 0 unspecified atom stereocenters. The highest BCUT2D eigenvalue weighted by Gasteiger charge is 2.28. The van der Waals surface area contributed by atoms with Crippen molar-refractivity contribution in [1.82, 2.24) is 9.21 Å². The second-order valence-electron chi connectivity index (χ2n) is 6.99. The van der Waals surface area contributed by atoms with Crippen LogP contribution in [0.25, 0.3) is 0 Å². The van der Waals surface area contributed by atoms with Gasteiger partial charge in [-0.2, -0.15) is 4.31 Å². The minimum Gasteiger partial charge on any atom is -0.466 e. The molecule has 8 nitrogen and oxygen atoms in total. The maximum absolute atomic E-state index is 12.5. The Morgan fingerprint density at radius 3 is 2.41 bits per heavy atom. The molecule has 29 heavy (non-hydrogen) atoms. The molecule has 0 saturated carbocycles. The molecule has 1 atom stereocenters. The SMILES string of the molecule is CCOC(=O)[C@H]1CCCN(CC(=O)Nc2ccc(S(=O)(=O)N(CC)CC)cc2)C1. The van der Waals surface area contributed by atoms with Gasteiger partial charge in [-0.05, 0) is 50.6 Å². The fourth-order valence-corrected chi connectivity index (χ4v) is 4.94. The number of nitrogens with zero attached hydrogens (tertiary/aromatic N) is 2. The van der Waals surface area contributed by atoms with Crippen LogP contribution >= 0.6 is 0 Å². The van der Waals surface area contributed by atoms with Crippen LogP contribution in [0, 0.1) is 5.92 Å². The number of ether oxygens (including phenoxy) is 1. The lowest BCUT2D eigenvalue weighted by Crippen LogP contribution is -2.43. The summed E-state index contributed by atoms with van der Waals surface area (Å²) in [7, 11) is -3.52. The number of likely N-dealkylation sites (tertiary alicyclic amines) is 1. The summed E-state index contributed by atoms with van der Waals surface area (Å²) in [6.45, 7) is 7.97. The number of carbonyl (C=O) groups is 2. The van der Waals surface area contributed by atoms with Gasteiger partial charge in [0.1, 0.15) is 0 Å². The summed E-state index contributed by atoms with van der Waals surface area (Å²) in [5.74, 6) is -0.600. The third-order valence-electron chi connectivity index (χ3n) is 4.97. The van der Waals surface area contributed by atoms with E-state index in [4.69, 9.17) is 4.74 Å². The molecule has 0 spiro atoms. The number of nitrogens with one attached hydrogen (secondary N) is 1. The van der Waals surface area contributed by atoms with Crippen molar-refractivity contribution >= 4 is 27.6 Å². The van der Waals surface area contributed by atoms with Crippen molar-refractivity contribution in [2.45, 2.75) is 38.5 Å². The van der Waals surface area contributed by atoms with E-state index in [1.165, 1.54) is 16.4 Å². The lowest BCUT2D eigenvalue weighted by Gasteiger charge is -2.30. The van der Waals surface area contributed by atoms with Crippen LogP contribution < -0.4 is 5.32 Å². The average Bonchev–Trinajstić information content (AvgIpc) is 2.69. The van der Waals surface area contributed by atoms with Crippen molar-refractivity contribution in [3.63, 3.8) is 0 Å². The van der Waals surface area contributed by atoms with Crippen molar-refractivity contribution in [3.8, 4) is 0 Å². The third kappa shape index (κ3) is 6.25. The molecule has 1 saturated heterocycles. The number of hydrogen-bond donors (Lipinski definition) is 1. The van der Waals surface area contributed by atoms with Crippen molar-refractivity contribution in [1.29, 1.82) is 0 Å². The van der Waals surface area contributed by atoms with Crippen LogP contribution in [0.3, 0.4) is 0 Å². The summed E-state index contributed by atoms with van der Waals surface area (Å²) in [6, 6.07) is 6.18. The highest BCUT2D eigenvalue weighted by Crippen LogP contribution is 2.20. The van der Waals surface area contributed by atoms with Gasteiger partial charge < -0.3 is 10.1 Å². The number of hydrogen-bond acceptors (Lipinski definition) is 6. The van der Waals surface area contributed by atoms with E-state index in [0.717, 1.165) is 19.4 Å². The Morgan fingerprint density at radius 2 is 1.83 bits per heavy atom. The van der Waals surface area contributed by atoms with Crippen LogP contribution in [-0.2, 0) is 24.3 Å². The Morgan fingerprint density at radius 1 is 1.17 bits per heavy atom. The number of esters is 1. The van der Waals surface area contributed by atoms with Crippen LogP contribution in [0.4, 0.5) is 5.69 Å². The summed E-state index contributed by atoms with van der Waals surface area (Å²) < 4.78 is 31.5. The van der Waals surface area contributed by atoms with Gasteiger partial charge in [0.2, 0.25) is 15.9 Å². The van der Waals surface area contributed by atoms with E-state index in [9.17, 15) is 18.0 Å². The molecule has 1 aliphatic heterocycles. The second kappa shape index (κ2) is 10.7. The first-order valence-electron chi connectivity index (χ1n) is 10.1. The molecule has 1 fully saturated rings. The molecule has 0 bridgehead atoms. The standard InChI is InChI=1S/C20H31N3O5S/c1-4-23(5-2)29(26,27)18-11-9-17(10-12-18)21-19(24)15-22-13-7-8-16(14-22)20(25)28-6-3/h9-12,16H,4-8,13-15H2,1-3H3,(H,21,24)/t16-/m0/s1. The van der Waals surface area contributed by atoms with Crippen molar-refractivity contribution < 1.29 is 22.7 Å². The first-order chi connectivity index (χ1) is 13.8. The topological polar surface area (TPSA) is 96.0 Å². The van der Waals surface area contributed by atoms with Crippen LogP contribution in [0.5, 0.6) is 0 Å². The molecule has 0 radical (unpaired) electrons. The highest BCUT2D eigenvalue weighted by molar-refractivity contribution is 7.89. The van der Waals surface area contributed by atoms with E-state index in [-0.39, 0.29) is 29.2 Å². The van der Waals surface area contributed by atoms with E-state index < -0.39 is 10.0 Å². The number of benzene rings is 1. The summed E-state index contributed by atoms with van der Waals surface area (Å²) in [5, 5.41) is 2.79. The first-order valence-corrected chi connectivity index (χ1v) is 11.5. The lowest BCUT2D eigenvalue weighted by molar-refractivity contribution is -0.150. The fraction of sp³-hybridized carbons (Fsp3) is 0.600. The predicted octanol–water partition coefficient (Wildman–Crippen LogP) is 1.93.